The van der Waals surface area contributed by atoms with Crippen LogP contribution in [0.4, 0.5) is 0 Å². The van der Waals surface area contributed by atoms with Gasteiger partial charge in [0.25, 0.3) is 0 Å². The highest BCUT2D eigenvalue weighted by Crippen LogP contribution is 2.22. The van der Waals surface area contributed by atoms with Crippen molar-refractivity contribution >= 4 is 46.8 Å². The largest absolute Gasteiger partial charge is 0.357 e. The lowest BCUT2D eigenvalue weighted by Crippen LogP contribution is -2.48. The summed E-state index contributed by atoms with van der Waals surface area (Å²) in [5.41, 5.74) is 0.923. The summed E-state index contributed by atoms with van der Waals surface area (Å²) in [5, 5.41) is 3.94. The van der Waals surface area contributed by atoms with Gasteiger partial charge in [0.1, 0.15) is 6.04 Å². The Hall–Kier alpha value is -1.69. The minimum atomic E-state index is -0.524. The number of halogens is 2. The highest BCUT2D eigenvalue weighted by Gasteiger charge is 2.27. The van der Waals surface area contributed by atoms with E-state index in [1.807, 2.05) is 31.2 Å². The third-order valence-corrected chi connectivity index (χ3v) is 5.58. The maximum Gasteiger partial charge on any atom is 0.242 e. The highest BCUT2D eigenvalue weighted by atomic mass is 35.5. The van der Waals surface area contributed by atoms with Crippen molar-refractivity contribution in [2.45, 2.75) is 30.8 Å². The van der Waals surface area contributed by atoms with E-state index in [4.69, 9.17) is 23.2 Å². The molecule has 0 bridgehead atoms. The second-order valence-electron chi connectivity index (χ2n) is 5.93. The van der Waals surface area contributed by atoms with E-state index in [0.29, 0.717) is 23.0 Å². The van der Waals surface area contributed by atoms with Crippen molar-refractivity contribution in [3.8, 4) is 0 Å². The van der Waals surface area contributed by atoms with Crippen molar-refractivity contribution in [3.63, 3.8) is 0 Å². The molecular weight excluding hydrogens is 403 g/mol. The topological polar surface area (TPSA) is 49.4 Å². The van der Waals surface area contributed by atoms with Gasteiger partial charge in [0.15, 0.2) is 0 Å². The summed E-state index contributed by atoms with van der Waals surface area (Å²) in [6.07, 6.45) is 0.532. The fraction of sp³-hybridized carbons (Fsp3) is 0.300. The van der Waals surface area contributed by atoms with Crippen LogP contribution in [0.3, 0.4) is 0 Å². The first-order valence-electron chi connectivity index (χ1n) is 8.58. The lowest BCUT2D eigenvalue weighted by atomic mass is 10.1. The van der Waals surface area contributed by atoms with Gasteiger partial charge in [-0.15, -0.1) is 11.8 Å². The minimum Gasteiger partial charge on any atom is -0.357 e. The predicted molar refractivity (Wildman–Crippen MR) is 112 cm³/mol. The van der Waals surface area contributed by atoms with E-state index in [-0.39, 0.29) is 17.6 Å². The molecule has 1 N–H and O–H groups in total. The molecule has 4 nitrogen and oxygen atoms in total. The van der Waals surface area contributed by atoms with E-state index in [1.165, 1.54) is 11.8 Å². The fourth-order valence-electron chi connectivity index (χ4n) is 2.63. The Morgan fingerprint density at radius 3 is 2.11 bits per heavy atom. The van der Waals surface area contributed by atoms with Gasteiger partial charge >= 0.3 is 0 Å². The average molecular weight is 425 g/mol. The van der Waals surface area contributed by atoms with Crippen LogP contribution in [-0.4, -0.2) is 35.6 Å². The highest BCUT2D eigenvalue weighted by molar-refractivity contribution is 8.00. The molecule has 2 aromatic rings. The molecule has 27 heavy (non-hydrogen) atoms. The van der Waals surface area contributed by atoms with Crippen molar-refractivity contribution < 1.29 is 9.59 Å². The summed E-state index contributed by atoms with van der Waals surface area (Å²) in [5.74, 6) is -0.0282. The van der Waals surface area contributed by atoms with Crippen LogP contribution in [0.15, 0.2) is 53.4 Å². The third-order valence-electron chi connectivity index (χ3n) is 4.07. The van der Waals surface area contributed by atoms with Crippen LogP contribution < -0.4 is 5.32 Å². The first-order chi connectivity index (χ1) is 12.9. The number of nitrogens with one attached hydrogen (secondary N) is 1. The second kappa shape index (κ2) is 10.6. The van der Waals surface area contributed by atoms with Gasteiger partial charge in [-0.3, -0.25) is 9.59 Å². The van der Waals surface area contributed by atoms with Crippen molar-refractivity contribution in [1.82, 2.24) is 10.2 Å². The van der Waals surface area contributed by atoms with Crippen LogP contribution >= 0.6 is 35.0 Å². The molecule has 0 heterocycles. The number of hydrogen-bond donors (Lipinski definition) is 1. The molecule has 144 valence electrons. The number of amides is 2. The van der Waals surface area contributed by atoms with Gasteiger partial charge in [-0.2, -0.15) is 0 Å². The van der Waals surface area contributed by atoms with Gasteiger partial charge in [0, 0.05) is 28.5 Å². The van der Waals surface area contributed by atoms with Gasteiger partial charge in [-0.1, -0.05) is 42.3 Å². The summed E-state index contributed by atoms with van der Waals surface area (Å²) in [6, 6.07) is 14.1. The number of likely N-dealkylation sites (N-methyl/N-ethyl adjacent to an activating group) is 1. The lowest BCUT2D eigenvalue weighted by Gasteiger charge is -2.30. The van der Waals surface area contributed by atoms with Crippen LogP contribution in [-0.2, 0) is 16.1 Å². The molecule has 2 rings (SSSR count). The maximum absolute atomic E-state index is 12.9. The van der Waals surface area contributed by atoms with Crippen molar-refractivity contribution in [3.05, 3.63) is 64.1 Å². The molecule has 0 fully saturated rings. The van der Waals surface area contributed by atoms with Crippen molar-refractivity contribution in [1.29, 1.82) is 0 Å². The molecule has 2 amide bonds. The first kappa shape index (κ1) is 21.6. The Morgan fingerprint density at radius 2 is 1.59 bits per heavy atom. The molecule has 7 heteroatoms. The Balaban J connectivity index is 2.15. The Bertz CT molecular complexity index is 767. The molecule has 0 unspecified atom stereocenters. The van der Waals surface area contributed by atoms with Crippen molar-refractivity contribution in [2.75, 3.05) is 12.8 Å². The van der Waals surface area contributed by atoms with Gasteiger partial charge in [0.05, 0.1) is 5.75 Å². The molecule has 0 aliphatic carbocycles. The van der Waals surface area contributed by atoms with Gasteiger partial charge in [-0.25, -0.2) is 0 Å². The number of carbonyl (C=O) groups excluding carboxylic acids is 2. The Labute approximate surface area is 174 Å². The summed E-state index contributed by atoms with van der Waals surface area (Å²) in [4.78, 5) is 27.8. The normalized spacial score (nSPS) is 11.7. The Morgan fingerprint density at radius 1 is 1.04 bits per heavy atom. The van der Waals surface area contributed by atoms with E-state index >= 15 is 0 Å². The number of thioether (sulfide) groups is 1. The summed E-state index contributed by atoms with van der Waals surface area (Å²) in [7, 11) is 1.58. The molecule has 0 aliphatic rings. The van der Waals surface area contributed by atoms with Crippen LogP contribution in [0.5, 0.6) is 0 Å². The van der Waals surface area contributed by atoms with Crippen LogP contribution in [0.1, 0.15) is 18.9 Å². The molecule has 0 radical (unpaired) electrons. The van der Waals surface area contributed by atoms with Gasteiger partial charge < -0.3 is 10.2 Å². The lowest BCUT2D eigenvalue weighted by molar-refractivity contribution is -0.139. The van der Waals surface area contributed by atoms with Crippen LogP contribution in [0, 0.1) is 0 Å². The van der Waals surface area contributed by atoms with Gasteiger partial charge in [0.2, 0.25) is 11.8 Å². The van der Waals surface area contributed by atoms with E-state index < -0.39 is 6.04 Å². The Kier molecular flexibility index (Phi) is 8.48. The minimum absolute atomic E-state index is 0.0969. The summed E-state index contributed by atoms with van der Waals surface area (Å²) >= 11 is 13.3. The zero-order chi connectivity index (χ0) is 19.8. The molecule has 1 atom stereocenters. The molecule has 0 aromatic heterocycles. The van der Waals surface area contributed by atoms with Crippen LogP contribution in [0.2, 0.25) is 10.0 Å². The number of benzene rings is 2. The molecular formula is C20H22Cl2N2O2S. The zero-order valence-electron chi connectivity index (χ0n) is 15.2. The number of rotatable bonds is 8. The van der Waals surface area contributed by atoms with E-state index in [9.17, 15) is 9.59 Å². The third kappa shape index (κ3) is 6.45. The average Bonchev–Trinajstić information content (AvgIpc) is 2.68. The second-order valence-corrected chi connectivity index (χ2v) is 7.85. The SMILES string of the molecule is CC[C@H](C(=O)NC)N(Cc1ccc(Cl)cc1)C(=O)CSc1ccc(Cl)cc1. The zero-order valence-corrected chi connectivity index (χ0v) is 17.6. The van der Waals surface area contributed by atoms with E-state index in [1.54, 1.807) is 36.2 Å². The molecule has 0 saturated heterocycles. The first-order valence-corrected chi connectivity index (χ1v) is 10.3. The predicted octanol–water partition coefficient (Wildman–Crippen LogP) is 4.64. The van der Waals surface area contributed by atoms with Crippen molar-refractivity contribution in [2.24, 2.45) is 0 Å². The summed E-state index contributed by atoms with van der Waals surface area (Å²) in [6.45, 7) is 2.25. The molecule has 2 aromatic carbocycles. The monoisotopic (exact) mass is 424 g/mol. The van der Waals surface area contributed by atoms with Crippen LogP contribution in [0.25, 0.3) is 0 Å². The van der Waals surface area contributed by atoms with E-state index in [0.717, 1.165) is 10.5 Å². The quantitative estimate of drug-likeness (QED) is 0.627. The van der Waals surface area contributed by atoms with Gasteiger partial charge in [-0.05, 0) is 48.4 Å². The maximum atomic E-state index is 12.9. The number of carbonyl (C=O) groups is 2. The summed E-state index contributed by atoms with van der Waals surface area (Å²) < 4.78 is 0. The molecule has 0 aliphatic heterocycles. The molecule has 0 spiro atoms. The standard InChI is InChI=1S/C20H22Cl2N2O2S/c1-3-18(20(26)23-2)24(12-14-4-6-15(21)7-5-14)19(25)13-27-17-10-8-16(22)9-11-17/h4-11,18H,3,12-13H2,1-2H3,(H,23,26)/t18-/m1/s1. The smallest absolute Gasteiger partial charge is 0.242 e. The fourth-order valence-corrected chi connectivity index (χ4v) is 3.67. The molecule has 0 saturated carbocycles. The van der Waals surface area contributed by atoms with E-state index in [2.05, 4.69) is 5.32 Å². The number of nitrogens with zero attached hydrogens (tertiary/aromatic N) is 1. The number of hydrogen-bond acceptors (Lipinski definition) is 3.